The summed E-state index contributed by atoms with van der Waals surface area (Å²) < 4.78 is 5.68. The van der Waals surface area contributed by atoms with Crippen LogP contribution < -0.4 is 9.64 Å². The SMILES string of the molecule is O=C(C1=Cc2ccccc2OC1)N1CCN(c2cccc([N+](=O)[O-])c2)CC1. The Morgan fingerprint density at radius 1 is 1.04 bits per heavy atom. The summed E-state index contributed by atoms with van der Waals surface area (Å²) in [6, 6.07) is 14.3. The maximum Gasteiger partial charge on any atom is 0.271 e. The lowest BCUT2D eigenvalue weighted by molar-refractivity contribution is -0.384. The van der Waals surface area contributed by atoms with Gasteiger partial charge < -0.3 is 14.5 Å². The van der Waals surface area contributed by atoms with Crippen molar-refractivity contribution in [1.82, 2.24) is 4.90 Å². The van der Waals surface area contributed by atoms with Gasteiger partial charge in [0, 0.05) is 49.6 Å². The molecule has 7 nitrogen and oxygen atoms in total. The molecule has 2 aliphatic rings. The molecule has 0 atom stereocenters. The molecule has 2 aromatic rings. The van der Waals surface area contributed by atoms with Gasteiger partial charge in [-0.1, -0.05) is 24.3 Å². The number of para-hydroxylation sites is 1. The van der Waals surface area contributed by atoms with Crippen molar-refractivity contribution in [3.63, 3.8) is 0 Å². The highest BCUT2D eigenvalue weighted by molar-refractivity contribution is 5.99. The first-order chi connectivity index (χ1) is 13.1. The zero-order valence-corrected chi connectivity index (χ0v) is 14.7. The summed E-state index contributed by atoms with van der Waals surface area (Å²) in [6.07, 6.45) is 1.90. The molecule has 0 radical (unpaired) electrons. The minimum atomic E-state index is -0.392. The molecule has 27 heavy (non-hydrogen) atoms. The minimum Gasteiger partial charge on any atom is -0.488 e. The molecule has 0 aliphatic carbocycles. The van der Waals surface area contributed by atoms with Crippen LogP contribution in [0.2, 0.25) is 0 Å². The van der Waals surface area contributed by atoms with Crippen LogP contribution >= 0.6 is 0 Å². The molecular weight excluding hydrogens is 346 g/mol. The highest BCUT2D eigenvalue weighted by Crippen LogP contribution is 2.27. The summed E-state index contributed by atoms with van der Waals surface area (Å²) >= 11 is 0. The monoisotopic (exact) mass is 365 g/mol. The van der Waals surface area contributed by atoms with E-state index in [0.29, 0.717) is 31.8 Å². The van der Waals surface area contributed by atoms with Crippen LogP contribution in [-0.2, 0) is 4.79 Å². The molecule has 4 rings (SSSR count). The van der Waals surface area contributed by atoms with Crippen LogP contribution in [0.4, 0.5) is 11.4 Å². The Bertz CT molecular complexity index is 917. The number of nitro groups is 1. The highest BCUT2D eigenvalue weighted by Gasteiger charge is 2.26. The maximum absolute atomic E-state index is 12.8. The Hall–Kier alpha value is -3.35. The molecule has 0 saturated carbocycles. The molecule has 0 bridgehead atoms. The molecule has 138 valence electrons. The highest BCUT2D eigenvalue weighted by atomic mass is 16.6. The number of anilines is 1. The fourth-order valence-electron chi connectivity index (χ4n) is 3.41. The van der Waals surface area contributed by atoms with E-state index in [9.17, 15) is 14.9 Å². The number of fused-ring (bicyclic) bond motifs is 1. The molecule has 7 heteroatoms. The second kappa shape index (κ2) is 7.11. The van der Waals surface area contributed by atoms with Crippen molar-refractivity contribution in [2.45, 2.75) is 0 Å². The molecule has 2 aromatic carbocycles. The minimum absolute atomic E-state index is 0.0109. The van der Waals surface area contributed by atoms with E-state index in [-0.39, 0.29) is 18.2 Å². The molecule has 0 N–H and O–H groups in total. The number of amides is 1. The Labute approximate surface area is 156 Å². The molecule has 0 spiro atoms. The Morgan fingerprint density at radius 2 is 1.81 bits per heavy atom. The van der Waals surface area contributed by atoms with Crippen molar-refractivity contribution in [2.75, 3.05) is 37.7 Å². The van der Waals surface area contributed by atoms with Gasteiger partial charge in [0.05, 0.1) is 10.5 Å². The van der Waals surface area contributed by atoms with Gasteiger partial charge in [0.2, 0.25) is 0 Å². The van der Waals surface area contributed by atoms with E-state index in [4.69, 9.17) is 4.74 Å². The molecule has 1 saturated heterocycles. The van der Waals surface area contributed by atoms with Gasteiger partial charge >= 0.3 is 0 Å². The number of carbonyl (C=O) groups excluding carboxylic acids is 1. The van der Waals surface area contributed by atoms with Gasteiger partial charge in [0.15, 0.2) is 0 Å². The largest absolute Gasteiger partial charge is 0.488 e. The number of nitrogens with zero attached hydrogens (tertiary/aromatic N) is 3. The zero-order chi connectivity index (χ0) is 18.8. The lowest BCUT2D eigenvalue weighted by atomic mass is 10.1. The predicted molar refractivity (Wildman–Crippen MR) is 102 cm³/mol. The number of rotatable bonds is 3. The second-order valence-corrected chi connectivity index (χ2v) is 6.55. The van der Waals surface area contributed by atoms with Crippen LogP contribution in [0.15, 0.2) is 54.1 Å². The van der Waals surface area contributed by atoms with Crippen LogP contribution in [0, 0.1) is 10.1 Å². The smallest absolute Gasteiger partial charge is 0.271 e. The average Bonchev–Trinajstić information content (AvgIpc) is 2.73. The molecular formula is C20H19N3O4. The van der Waals surface area contributed by atoms with Crippen molar-refractivity contribution < 1.29 is 14.5 Å². The van der Waals surface area contributed by atoms with E-state index >= 15 is 0 Å². The van der Waals surface area contributed by atoms with Crippen molar-refractivity contribution in [3.8, 4) is 5.75 Å². The lowest BCUT2D eigenvalue weighted by Crippen LogP contribution is -2.49. The third-order valence-electron chi connectivity index (χ3n) is 4.88. The lowest BCUT2D eigenvalue weighted by Gasteiger charge is -2.36. The van der Waals surface area contributed by atoms with Gasteiger partial charge in [-0.3, -0.25) is 14.9 Å². The van der Waals surface area contributed by atoms with Crippen LogP contribution in [0.3, 0.4) is 0 Å². The molecule has 2 heterocycles. The van der Waals surface area contributed by atoms with E-state index < -0.39 is 4.92 Å². The van der Waals surface area contributed by atoms with E-state index in [0.717, 1.165) is 17.0 Å². The van der Waals surface area contributed by atoms with Gasteiger partial charge in [0.1, 0.15) is 12.4 Å². The van der Waals surface area contributed by atoms with Crippen molar-refractivity contribution in [2.24, 2.45) is 0 Å². The Kier molecular flexibility index (Phi) is 4.50. The van der Waals surface area contributed by atoms with Crippen LogP contribution in [0.1, 0.15) is 5.56 Å². The molecule has 0 unspecified atom stereocenters. The Morgan fingerprint density at radius 3 is 2.59 bits per heavy atom. The summed E-state index contributed by atoms with van der Waals surface area (Å²) in [7, 11) is 0. The number of hydrogen-bond acceptors (Lipinski definition) is 5. The summed E-state index contributed by atoms with van der Waals surface area (Å²) in [6.45, 7) is 2.69. The summed E-state index contributed by atoms with van der Waals surface area (Å²) in [5.41, 5.74) is 2.46. The predicted octanol–water partition coefficient (Wildman–Crippen LogP) is 2.72. The maximum atomic E-state index is 12.8. The normalized spacial score (nSPS) is 16.2. The first-order valence-corrected chi connectivity index (χ1v) is 8.83. The fourth-order valence-corrected chi connectivity index (χ4v) is 3.41. The number of carbonyl (C=O) groups is 1. The molecule has 2 aliphatic heterocycles. The number of hydrogen-bond donors (Lipinski definition) is 0. The van der Waals surface area contributed by atoms with E-state index in [1.54, 1.807) is 12.1 Å². The number of nitro benzene ring substituents is 1. The third kappa shape index (κ3) is 3.48. The molecule has 0 aromatic heterocycles. The number of non-ortho nitro benzene ring substituents is 1. The van der Waals surface area contributed by atoms with Gasteiger partial charge in [-0.05, 0) is 18.2 Å². The molecule has 1 amide bonds. The van der Waals surface area contributed by atoms with E-state index in [2.05, 4.69) is 4.90 Å². The van der Waals surface area contributed by atoms with Gasteiger partial charge in [-0.15, -0.1) is 0 Å². The Balaban J connectivity index is 1.42. The number of piperazine rings is 1. The van der Waals surface area contributed by atoms with E-state index in [1.165, 1.54) is 6.07 Å². The van der Waals surface area contributed by atoms with Crippen molar-refractivity contribution in [1.29, 1.82) is 0 Å². The summed E-state index contributed by atoms with van der Waals surface area (Å²) in [4.78, 5) is 27.3. The molecule has 1 fully saturated rings. The zero-order valence-electron chi connectivity index (χ0n) is 14.7. The van der Waals surface area contributed by atoms with Crippen LogP contribution in [0.25, 0.3) is 6.08 Å². The fraction of sp³-hybridized carbons (Fsp3) is 0.250. The van der Waals surface area contributed by atoms with Gasteiger partial charge in [0.25, 0.3) is 11.6 Å². The van der Waals surface area contributed by atoms with Crippen LogP contribution in [0.5, 0.6) is 5.75 Å². The first-order valence-electron chi connectivity index (χ1n) is 8.83. The third-order valence-corrected chi connectivity index (χ3v) is 4.88. The van der Waals surface area contributed by atoms with Crippen LogP contribution in [-0.4, -0.2) is 48.5 Å². The van der Waals surface area contributed by atoms with Gasteiger partial charge in [-0.25, -0.2) is 0 Å². The first kappa shape index (κ1) is 17.1. The van der Waals surface area contributed by atoms with Gasteiger partial charge in [-0.2, -0.15) is 0 Å². The number of benzene rings is 2. The average molecular weight is 365 g/mol. The number of ether oxygens (including phenoxy) is 1. The summed E-state index contributed by atoms with van der Waals surface area (Å²) in [5, 5.41) is 11.0. The standard InChI is InChI=1S/C20H19N3O4/c24-20(16-12-15-4-1-2-7-19(15)27-14-16)22-10-8-21(9-11-22)17-5-3-6-18(13-17)23(25)26/h1-7,12-13H,8-11,14H2. The summed E-state index contributed by atoms with van der Waals surface area (Å²) in [5.74, 6) is 0.785. The van der Waals surface area contributed by atoms with Crippen molar-refractivity contribution >= 4 is 23.4 Å². The second-order valence-electron chi connectivity index (χ2n) is 6.55. The topological polar surface area (TPSA) is 75.9 Å². The quantitative estimate of drug-likeness (QED) is 0.617. The van der Waals surface area contributed by atoms with Crippen molar-refractivity contribution in [3.05, 3.63) is 69.8 Å². The van der Waals surface area contributed by atoms with E-state index in [1.807, 2.05) is 41.3 Å².